The summed E-state index contributed by atoms with van der Waals surface area (Å²) < 4.78 is 18.0. The van der Waals surface area contributed by atoms with E-state index in [1.807, 2.05) is 13.8 Å². The largest absolute Gasteiger partial charge is 0.492 e. The third kappa shape index (κ3) is 3.14. The molecule has 31 heavy (non-hydrogen) atoms. The zero-order chi connectivity index (χ0) is 22.3. The number of ether oxygens (including phenoxy) is 2. The van der Waals surface area contributed by atoms with Gasteiger partial charge in [-0.15, -0.1) is 0 Å². The Kier molecular flexibility index (Phi) is 5.39. The molecule has 0 N–H and O–H groups in total. The fourth-order valence-corrected chi connectivity index (χ4v) is 4.08. The zero-order valence-corrected chi connectivity index (χ0v) is 18.1. The fourth-order valence-electron chi connectivity index (χ4n) is 4.08. The highest BCUT2D eigenvalue weighted by molar-refractivity contribution is 6.33. The van der Waals surface area contributed by atoms with Gasteiger partial charge in [-0.3, -0.25) is 14.4 Å². The summed E-state index contributed by atoms with van der Waals surface area (Å²) in [4.78, 5) is 39.6. The van der Waals surface area contributed by atoms with E-state index in [4.69, 9.17) is 13.9 Å². The van der Waals surface area contributed by atoms with Crippen molar-refractivity contribution in [3.63, 3.8) is 0 Å². The lowest BCUT2D eigenvalue weighted by atomic mass is 9.81. The van der Waals surface area contributed by atoms with Gasteiger partial charge in [0.05, 0.1) is 35.3 Å². The van der Waals surface area contributed by atoms with Gasteiger partial charge in [-0.25, -0.2) is 0 Å². The molecule has 0 amide bonds. The number of carbonyl (C=O) groups excluding carboxylic acids is 3. The Morgan fingerprint density at radius 2 is 1.42 bits per heavy atom. The zero-order valence-electron chi connectivity index (χ0n) is 18.1. The van der Waals surface area contributed by atoms with Crippen LogP contribution in [0.15, 0.2) is 28.7 Å². The Morgan fingerprint density at radius 1 is 0.903 bits per heavy atom. The molecule has 0 saturated carbocycles. The van der Waals surface area contributed by atoms with Crippen molar-refractivity contribution >= 4 is 28.3 Å². The molecular formula is C25H24O6. The summed E-state index contributed by atoms with van der Waals surface area (Å²) in [5.74, 6) is -0.0606. The smallest absolute Gasteiger partial charge is 0.198 e. The number of ketones is 3. The van der Waals surface area contributed by atoms with E-state index >= 15 is 0 Å². The maximum absolute atomic E-state index is 13.6. The van der Waals surface area contributed by atoms with Crippen LogP contribution in [0.3, 0.4) is 0 Å². The van der Waals surface area contributed by atoms with Gasteiger partial charge in [0, 0.05) is 11.1 Å². The highest BCUT2D eigenvalue weighted by Crippen LogP contribution is 2.48. The summed E-state index contributed by atoms with van der Waals surface area (Å²) in [5, 5.41) is 0.392. The molecule has 0 atom stereocenters. The first kappa shape index (κ1) is 20.8. The van der Waals surface area contributed by atoms with Crippen molar-refractivity contribution in [2.24, 2.45) is 0 Å². The molecule has 0 fully saturated rings. The van der Waals surface area contributed by atoms with Crippen LogP contribution in [0.2, 0.25) is 0 Å². The fraction of sp³-hybridized carbons (Fsp3) is 0.320. The molecule has 0 radical (unpaired) electrons. The normalized spacial score (nSPS) is 12.6. The third-order valence-electron chi connectivity index (χ3n) is 5.35. The summed E-state index contributed by atoms with van der Waals surface area (Å²) in [6, 6.07) is 6.70. The van der Waals surface area contributed by atoms with E-state index in [0.29, 0.717) is 53.9 Å². The average Bonchev–Trinajstić information content (AvgIpc) is 3.11. The van der Waals surface area contributed by atoms with Crippen molar-refractivity contribution in [2.45, 2.75) is 40.5 Å². The van der Waals surface area contributed by atoms with Crippen LogP contribution >= 0.6 is 0 Å². The van der Waals surface area contributed by atoms with Crippen LogP contribution in [0, 0.1) is 6.92 Å². The SMILES string of the molecule is CCCOc1c2c(c(OCCC)c3c(C(C)=O)c(C)oc13)C(=O)c1ccccc1C2=O. The predicted octanol–water partition coefficient (Wildman–Crippen LogP) is 5.30. The van der Waals surface area contributed by atoms with Crippen molar-refractivity contribution in [1.29, 1.82) is 0 Å². The summed E-state index contributed by atoms with van der Waals surface area (Å²) in [5.41, 5.74) is 1.51. The molecule has 1 aromatic heterocycles. The molecule has 2 aromatic carbocycles. The number of Topliss-reactive ketones (excluding diaryl/α,β-unsaturated/α-hetero) is 1. The van der Waals surface area contributed by atoms with Gasteiger partial charge in [0.15, 0.2) is 28.7 Å². The number of benzene rings is 2. The lowest BCUT2D eigenvalue weighted by molar-refractivity contribution is 0.0972. The van der Waals surface area contributed by atoms with Gasteiger partial charge < -0.3 is 13.9 Å². The van der Waals surface area contributed by atoms with Gasteiger partial charge in [0.2, 0.25) is 0 Å². The third-order valence-corrected chi connectivity index (χ3v) is 5.35. The quantitative estimate of drug-likeness (QED) is 0.378. The monoisotopic (exact) mass is 420 g/mol. The summed E-state index contributed by atoms with van der Waals surface area (Å²) in [6.07, 6.45) is 1.39. The average molecular weight is 420 g/mol. The molecular weight excluding hydrogens is 396 g/mol. The van der Waals surface area contributed by atoms with Crippen LogP contribution in [-0.2, 0) is 0 Å². The molecule has 1 aliphatic rings. The molecule has 0 unspecified atom stereocenters. The molecule has 6 heteroatoms. The molecule has 0 bridgehead atoms. The Labute approximate surface area is 180 Å². The minimum Gasteiger partial charge on any atom is -0.492 e. The number of hydrogen-bond donors (Lipinski definition) is 0. The number of carbonyl (C=O) groups is 3. The van der Waals surface area contributed by atoms with Crippen molar-refractivity contribution < 1.29 is 28.3 Å². The highest BCUT2D eigenvalue weighted by atomic mass is 16.5. The Balaban J connectivity index is 2.18. The number of rotatable bonds is 7. The summed E-state index contributed by atoms with van der Waals surface area (Å²) in [7, 11) is 0. The Bertz CT molecular complexity index is 1230. The second kappa shape index (κ2) is 8.02. The van der Waals surface area contributed by atoms with E-state index in [1.54, 1.807) is 31.2 Å². The molecule has 3 aromatic rings. The van der Waals surface area contributed by atoms with Gasteiger partial charge in [-0.2, -0.15) is 0 Å². The van der Waals surface area contributed by atoms with Crippen LogP contribution in [0.1, 0.15) is 81.6 Å². The van der Waals surface area contributed by atoms with Gasteiger partial charge in [-0.1, -0.05) is 38.1 Å². The summed E-state index contributed by atoms with van der Waals surface area (Å²) in [6.45, 7) is 7.66. The Hall–Kier alpha value is -3.41. The number of fused-ring (bicyclic) bond motifs is 3. The second-order valence-electron chi connectivity index (χ2n) is 7.60. The van der Waals surface area contributed by atoms with Crippen LogP contribution in [0.25, 0.3) is 11.0 Å². The molecule has 6 nitrogen and oxygen atoms in total. The van der Waals surface area contributed by atoms with Crippen molar-refractivity contribution in [3.05, 3.63) is 57.8 Å². The first-order valence-corrected chi connectivity index (χ1v) is 10.5. The van der Waals surface area contributed by atoms with E-state index in [-0.39, 0.29) is 45.6 Å². The predicted molar refractivity (Wildman–Crippen MR) is 116 cm³/mol. The standard InChI is InChI=1S/C25H24O6/c1-5-11-29-23-18-19(22(28)16-10-8-7-9-15(16)21(18)27)24(30-12-6-2)25-20(23)17(13(3)26)14(4)31-25/h7-10H,5-6,11-12H2,1-4H3. The number of furan rings is 1. The second-order valence-corrected chi connectivity index (χ2v) is 7.60. The summed E-state index contributed by atoms with van der Waals surface area (Å²) >= 11 is 0. The van der Waals surface area contributed by atoms with Gasteiger partial charge in [0.1, 0.15) is 11.5 Å². The van der Waals surface area contributed by atoms with Crippen molar-refractivity contribution in [3.8, 4) is 11.5 Å². The molecule has 4 rings (SSSR count). The maximum Gasteiger partial charge on any atom is 0.198 e. The minimum absolute atomic E-state index is 0.138. The number of hydrogen-bond acceptors (Lipinski definition) is 6. The van der Waals surface area contributed by atoms with E-state index in [1.165, 1.54) is 6.92 Å². The first-order chi connectivity index (χ1) is 14.9. The van der Waals surface area contributed by atoms with E-state index in [0.717, 1.165) is 0 Å². The van der Waals surface area contributed by atoms with Crippen LogP contribution < -0.4 is 9.47 Å². The minimum atomic E-state index is -0.326. The molecule has 1 heterocycles. The van der Waals surface area contributed by atoms with Crippen molar-refractivity contribution in [1.82, 2.24) is 0 Å². The van der Waals surface area contributed by atoms with Gasteiger partial charge >= 0.3 is 0 Å². The van der Waals surface area contributed by atoms with E-state index in [9.17, 15) is 14.4 Å². The maximum atomic E-state index is 13.6. The lowest BCUT2D eigenvalue weighted by Gasteiger charge is -2.23. The molecule has 1 aliphatic carbocycles. The van der Waals surface area contributed by atoms with Gasteiger partial charge in [0.25, 0.3) is 0 Å². The number of aryl methyl sites for hydroxylation is 1. The molecule has 0 spiro atoms. The van der Waals surface area contributed by atoms with Crippen molar-refractivity contribution in [2.75, 3.05) is 13.2 Å². The van der Waals surface area contributed by atoms with Crippen LogP contribution in [0.4, 0.5) is 0 Å². The highest BCUT2D eigenvalue weighted by Gasteiger charge is 2.39. The molecule has 160 valence electrons. The van der Waals surface area contributed by atoms with Gasteiger partial charge in [-0.05, 0) is 26.7 Å². The van der Waals surface area contributed by atoms with Crippen LogP contribution in [-0.4, -0.2) is 30.6 Å². The first-order valence-electron chi connectivity index (χ1n) is 10.5. The molecule has 0 aliphatic heterocycles. The molecule has 0 saturated heterocycles. The van der Waals surface area contributed by atoms with Crippen LogP contribution in [0.5, 0.6) is 11.5 Å². The Morgan fingerprint density at radius 3 is 1.94 bits per heavy atom. The topological polar surface area (TPSA) is 82.8 Å². The lowest BCUT2D eigenvalue weighted by Crippen LogP contribution is -2.23. The van der Waals surface area contributed by atoms with E-state index in [2.05, 4.69) is 0 Å². The van der Waals surface area contributed by atoms with E-state index < -0.39 is 0 Å².